The van der Waals surface area contributed by atoms with E-state index < -0.39 is 0 Å². The molecule has 0 spiro atoms. The number of likely N-dealkylation sites (tertiary alicyclic amines) is 1. The third kappa shape index (κ3) is 3.64. The lowest BCUT2D eigenvalue weighted by atomic mass is 10.1. The van der Waals surface area contributed by atoms with E-state index in [1.807, 2.05) is 36.0 Å². The van der Waals surface area contributed by atoms with Gasteiger partial charge in [0.25, 0.3) is 0 Å². The van der Waals surface area contributed by atoms with E-state index >= 15 is 0 Å². The van der Waals surface area contributed by atoms with Crippen molar-refractivity contribution in [3.63, 3.8) is 0 Å². The molecular formula is C17H22N4OS. The Morgan fingerprint density at radius 1 is 1.48 bits per heavy atom. The monoisotopic (exact) mass is 330 g/mol. The van der Waals surface area contributed by atoms with Gasteiger partial charge in [0.2, 0.25) is 0 Å². The van der Waals surface area contributed by atoms with Crippen LogP contribution >= 0.6 is 11.3 Å². The first-order valence-corrected chi connectivity index (χ1v) is 8.78. The van der Waals surface area contributed by atoms with Crippen LogP contribution in [0.1, 0.15) is 30.0 Å². The summed E-state index contributed by atoms with van der Waals surface area (Å²) in [5.74, 6) is 0.897. The zero-order valence-electron chi connectivity index (χ0n) is 13.5. The number of carbonyl (C=O) groups excluding carboxylic acids is 1. The number of urea groups is 1. The maximum Gasteiger partial charge on any atom is 0.318 e. The maximum absolute atomic E-state index is 12.5. The van der Waals surface area contributed by atoms with Gasteiger partial charge < -0.3 is 15.1 Å². The highest BCUT2D eigenvalue weighted by atomic mass is 32.1. The first kappa shape index (κ1) is 15.8. The summed E-state index contributed by atoms with van der Waals surface area (Å²) < 4.78 is 0. The van der Waals surface area contributed by atoms with Gasteiger partial charge in [-0.15, -0.1) is 0 Å². The van der Waals surface area contributed by atoms with E-state index in [0.29, 0.717) is 6.54 Å². The van der Waals surface area contributed by atoms with Crippen molar-refractivity contribution >= 4 is 23.2 Å². The summed E-state index contributed by atoms with van der Waals surface area (Å²) in [4.78, 5) is 20.7. The highest BCUT2D eigenvalue weighted by Gasteiger charge is 2.29. The van der Waals surface area contributed by atoms with Crippen molar-refractivity contribution in [2.45, 2.75) is 25.4 Å². The summed E-state index contributed by atoms with van der Waals surface area (Å²) in [5.41, 5.74) is 2.31. The molecule has 1 N–H and O–H groups in total. The molecule has 1 aliphatic rings. The topological polar surface area (TPSA) is 48.5 Å². The summed E-state index contributed by atoms with van der Waals surface area (Å²) >= 11 is 1.68. The fourth-order valence-corrected chi connectivity index (χ4v) is 3.62. The molecule has 122 valence electrons. The number of amides is 2. The second-order valence-electron chi connectivity index (χ2n) is 5.98. The number of thiophene rings is 1. The number of nitrogens with zero attached hydrogens (tertiary/aromatic N) is 3. The van der Waals surface area contributed by atoms with Gasteiger partial charge in [0.15, 0.2) is 0 Å². The second-order valence-corrected chi connectivity index (χ2v) is 6.76. The van der Waals surface area contributed by atoms with Gasteiger partial charge in [0, 0.05) is 33.4 Å². The Kier molecular flexibility index (Phi) is 4.81. The van der Waals surface area contributed by atoms with Crippen molar-refractivity contribution < 1.29 is 4.79 Å². The zero-order valence-corrected chi connectivity index (χ0v) is 14.3. The average molecular weight is 330 g/mol. The highest BCUT2D eigenvalue weighted by molar-refractivity contribution is 7.07. The average Bonchev–Trinajstić information content (AvgIpc) is 3.23. The standard InChI is InChI=1S/C17H22N4OS/c1-20(2)16-10-13(5-7-18-16)11-19-17(22)21-8-3-4-15(21)14-6-9-23-12-14/h5-7,9-10,12,15H,3-4,8,11H2,1-2H3,(H,19,22)/t15-/m1/s1. The quantitative estimate of drug-likeness (QED) is 0.936. The van der Waals surface area contributed by atoms with E-state index in [1.54, 1.807) is 17.5 Å². The molecule has 6 heteroatoms. The van der Waals surface area contributed by atoms with Crippen LogP contribution in [-0.2, 0) is 6.54 Å². The molecule has 2 amide bonds. The van der Waals surface area contributed by atoms with Crippen LogP contribution in [0.4, 0.5) is 10.6 Å². The lowest BCUT2D eigenvalue weighted by Gasteiger charge is -2.24. The Hall–Kier alpha value is -2.08. The van der Waals surface area contributed by atoms with E-state index in [4.69, 9.17) is 0 Å². The number of carbonyl (C=O) groups is 1. The predicted octanol–water partition coefficient (Wildman–Crippen LogP) is 3.26. The minimum atomic E-state index is 0.0157. The number of aromatic nitrogens is 1. The summed E-state index contributed by atoms with van der Waals surface area (Å²) in [6.07, 6.45) is 3.89. The molecule has 0 saturated carbocycles. The van der Waals surface area contributed by atoms with Gasteiger partial charge in [-0.25, -0.2) is 9.78 Å². The van der Waals surface area contributed by atoms with Gasteiger partial charge in [-0.3, -0.25) is 0 Å². The first-order valence-electron chi connectivity index (χ1n) is 7.84. The van der Waals surface area contributed by atoms with Crippen LogP contribution in [0.2, 0.25) is 0 Å². The van der Waals surface area contributed by atoms with E-state index in [1.165, 1.54) is 5.56 Å². The minimum Gasteiger partial charge on any atom is -0.363 e. The van der Waals surface area contributed by atoms with Gasteiger partial charge in [0.1, 0.15) is 5.82 Å². The van der Waals surface area contributed by atoms with E-state index in [0.717, 1.165) is 30.8 Å². The number of rotatable bonds is 4. The van der Waals surface area contributed by atoms with Crippen molar-refractivity contribution in [1.82, 2.24) is 15.2 Å². The zero-order chi connectivity index (χ0) is 16.2. The van der Waals surface area contributed by atoms with Crippen LogP contribution < -0.4 is 10.2 Å². The van der Waals surface area contributed by atoms with Crippen molar-refractivity contribution in [1.29, 1.82) is 0 Å². The second kappa shape index (κ2) is 7.00. The number of hydrogen-bond donors (Lipinski definition) is 1. The first-order chi connectivity index (χ1) is 11.1. The van der Waals surface area contributed by atoms with Crippen LogP contribution in [0.15, 0.2) is 35.2 Å². The molecule has 1 saturated heterocycles. The molecular weight excluding hydrogens is 308 g/mol. The summed E-state index contributed by atoms with van der Waals surface area (Å²) in [6.45, 7) is 1.35. The van der Waals surface area contributed by atoms with Gasteiger partial charge in [-0.2, -0.15) is 11.3 Å². The van der Waals surface area contributed by atoms with E-state index in [2.05, 4.69) is 27.1 Å². The smallest absolute Gasteiger partial charge is 0.318 e. The highest BCUT2D eigenvalue weighted by Crippen LogP contribution is 2.32. The summed E-state index contributed by atoms with van der Waals surface area (Å²) in [5, 5.41) is 7.26. The van der Waals surface area contributed by atoms with E-state index in [-0.39, 0.29) is 12.1 Å². The van der Waals surface area contributed by atoms with Crippen LogP contribution in [0.3, 0.4) is 0 Å². The lowest BCUT2D eigenvalue weighted by molar-refractivity contribution is 0.192. The van der Waals surface area contributed by atoms with Crippen LogP contribution in [-0.4, -0.2) is 36.6 Å². The number of anilines is 1. The normalized spacial score (nSPS) is 17.3. The SMILES string of the molecule is CN(C)c1cc(CNC(=O)N2CCC[C@@H]2c2ccsc2)ccn1. The molecule has 1 fully saturated rings. The van der Waals surface area contributed by atoms with Crippen molar-refractivity contribution in [3.8, 4) is 0 Å². The molecule has 1 atom stereocenters. The lowest BCUT2D eigenvalue weighted by Crippen LogP contribution is -2.39. The predicted molar refractivity (Wildman–Crippen MR) is 93.8 cm³/mol. The Morgan fingerprint density at radius 3 is 3.09 bits per heavy atom. The number of hydrogen-bond acceptors (Lipinski definition) is 4. The van der Waals surface area contributed by atoms with Crippen molar-refractivity contribution in [3.05, 3.63) is 46.3 Å². The van der Waals surface area contributed by atoms with Gasteiger partial charge in [-0.05, 0) is 52.9 Å². The minimum absolute atomic E-state index is 0.0157. The summed E-state index contributed by atoms with van der Waals surface area (Å²) in [6, 6.07) is 6.29. The molecule has 0 aliphatic carbocycles. The Balaban J connectivity index is 1.62. The molecule has 1 aliphatic heterocycles. The van der Waals surface area contributed by atoms with Gasteiger partial charge >= 0.3 is 6.03 Å². The molecule has 23 heavy (non-hydrogen) atoms. The Labute approximate surface area is 140 Å². The molecule has 0 unspecified atom stereocenters. The molecule has 0 aromatic carbocycles. The third-order valence-corrected chi connectivity index (χ3v) is 4.85. The maximum atomic E-state index is 12.5. The fourth-order valence-electron chi connectivity index (χ4n) is 2.92. The molecule has 0 bridgehead atoms. The molecule has 2 aromatic rings. The molecule has 0 radical (unpaired) electrons. The molecule has 3 heterocycles. The van der Waals surface area contributed by atoms with E-state index in [9.17, 15) is 4.79 Å². The summed E-state index contributed by atoms with van der Waals surface area (Å²) in [7, 11) is 3.92. The van der Waals surface area contributed by atoms with Gasteiger partial charge in [-0.1, -0.05) is 0 Å². The van der Waals surface area contributed by atoms with Crippen molar-refractivity contribution in [2.75, 3.05) is 25.5 Å². The Morgan fingerprint density at radius 2 is 2.35 bits per heavy atom. The van der Waals surface area contributed by atoms with Crippen LogP contribution in [0, 0.1) is 0 Å². The number of pyridine rings is 1. The van der Waals surface area contributed by atoms with Crippen molar-refractivity contribution in [2.24, 2.45) is 0 Å². The molecule has 5 nitrogen and oxygen atoms in total. The van der Waals surface area contributed by atoms with Crippen LogP contribution in [0.25, 0.3) is 0 Å². The van der Waals surface area contributed by atoms with Crippen LogP contribution in [0.5, 0.6) is 0 Å². The van der Waals surface area contributed by atoms with Gasteiger partial charge in [0.05, 0.1) is 6.04 Å². The largest absolute Gasteiger partial charge is 0.363 e. The molecule has 3 rings (SSSR count). The third-order valence-electron chi connectivity index (χ3n) is 4.15. The number of nitrogens with one attached hydrogen (secondary N) is 1. The Bertz CT molecular complexity index is 656. The molecule has 2 aromatic heterocycles. The fraction of sp³-hybridized carbons (Fsp3) is 0.412.